The Morgan fingerprint density at radius 3 is 1.95 bits per heavy atom. The highest BCUT2D eigenvalue weighted by atomic mass is 28.4. The van der Waals surface area contributed by atoms with E-state index in [4.69, 9.17) is 4.43 Å². The van der Waals surface area contributed by atoms with Crippen LogP contribution in [0.2, 0.25) is 18.1 Å². The van der Waals surface area contributed by atoms with E-state index >= 15 is 0 Å². The van der Waals surface area contributed by atoms with Crippen molar-refractivity contribution in [2.24, 2.45) is 34.5 Å². The Bertz CT molecular complexity index is 802. The number of unbranched alkanes of at least 4 members (excludes halogenated alkanes) is 9. The van der Waals surface area contributed by atoms with Crippen molar-refractivity contribution in [2.75, 3.05) is 0 Å². The number of hydrogen-bond donors (Lipinski definition) is 1. The maximum absolute atomic E-state index is 11.7. The van der Waals surface area contributed by atoms with E-state index in [9.17, 15) is 5.11 Å². The van der Waals surface area contributed by atoms with Gasteiger partial charge >= 0.3 is 0 Å². The maximum atomic E-state index is 11.7. The van der Waals surface area contributed by atoms with Gasteiger partial charge in [0.15, 0.2) is 8.32 Å². The third-order valence-electron chi connectivity index (χ3n) is 14.0. The predicted molar refractivity (Wildman–Crippen MR) is 175 cm³/mol. The third-order valence-corrected chi connectivity index (χ3v) is 18.5. The molecule has 4 aliphatic rings. The van der Waals surface area contributed by atoms with E-state index < -0.39 is 8.32 Å². The van der Waals surface area contributed by atoms with Crippen LogP contribution < -0.4 is 0 Å². The quantitative estimate of drug-likeness (QED) is 0.175. The molecule has 0 aromatic rings. The fourth-order valence-electron chi connectivity index (χ4n) is 10.2. The molecule has 0 aliphatic heterocycles. The lowest BCUT2D eigenvalue weighted by molar-refractivity contribution is -0.155. The lowest BCUT2D eigenvalue weighted by Gasteiger charge is -2.62. The molecule has 234 valence electrons. The Balaban J connectivity index is 1.27. The van der Waals surface area contributed by atoms with Crippen LogP contribution in [0, 0.1) is 34.5 Å². The summed E-state index contributed by atoms with van der Waals surface area (Å²) in [5, 5.41) is 12.0. The lowest BCUT2D eigenvalue weighted by Crippen LogP contribution is -2.57. The highest BCUT2D eigenvalue weighted by Gasteiger charge is 2.62. The number of rotatable bonds is 13. The second-order valence-electron chi connectivity index (χ2n) is 17.5. The molecular formula is C37H70O2Si. The summed E-state index contributed by atoms with van der Waals surface area (Å²) < 4.78 is 7.17. The summed E-state index contributed by atoms with van der Waals surface area (Å²) >= 11 is 0. The molecule has 40 heavy (non-hydrogen) atoms. The van der Waals surface area contributed by atoms with Crippen LogP contribution in [-0.4, -0.2) is 25.1 Å². The first kappa shape index (κ1) is 33.0. The van der Waals surface area contributed by atoms with Gasteiger partial charge in [-0.1, -0.05) is 106 Å². The summed E-state index contributed by atoms with van der Waals surface area (Å²) in [6, 6.07) is 0. The topological polar surface area (TPSA) is 29.5 Å². The van der Waals surface area contributed by atoms with Gasteiger partial charge in [0.05, 0.1) is 11.7 Å². The van der Waals surface area contributed by atoms with Gasteiger partial charge in [0.2, 0.25) is 0 Å². The molecule has 1 N–H and O–H groups in total. The Kier molecular flexibility index (Phi) is 10.7. The standard InChI is InChI=1S/C37H70O2Si/c1-9-10-11-12-13-14-15-16-17-18-24-37(38)27-26-35(5)29(28-37)19-20-30-31-21-22-33(36(31,6)25-23-32(30)35)39-40(7,8)34(2,3)4/h29-33,38H,9-28H2,1-8H3/t29?,30-,31-,32-,33-,35-,36-,37+/m0/s1. The van der Waals surface area contributed by atoms with Crippen LogP contribution in [0.5, 0.6) is 0 Å². The molecule has 2 nitrogen and oxygen atoms in total. The minimum absolute atomic E-state index is 0.289. The summed E-state index contributed by atoms with van der Waals surface area (Å²) in [6.45, 7) is 19.7. The Labute approximate surface area is 251 Å². The minimum atomic E-state index is -1.75. The lowest BCUT2D eigenvalue weighted by atomic mass is 9.44. The van der Waals surface area contributed by atoms with Gasteiger partial charge in [-0.2, -0.15) is 0 Å². The summed E-state index contributed by atoms with van der Waals surface area (Å²) in [5.41, 5.74) is 0.452. The summed E-state index contributed by atoms with van der Waals surface area (Å²) in [4.78, 5) is 0. The molecule has 4 aliphatic carbocycles. The van der Waals surface area contributed by atoms with Crippen LogP contribution >= 0.6 is 0 Å². The number of hydrogen-bond acceptors (Lipinski definition) is 2. The van der Waals surface area contributed by atoms with Crippen molar-refractivity contribution in [1.82, 2.24) is 0 Å². The maximum Gasteiger partial charge on any atom is 0.192 e. The first-order valence-electron chi connectivity index (χ1n) is 18.2. The molecule has 0 saturated heterocycles. The molecule has 0 aromatic carbocycles. The molecule has 3 heteroatoms. The fraction of sp³-hybridized carbons (Fsp3) is 1.00. The van der Waals surface area contributed by atoms with Gasteiger partial charge in [-0.25, -0.2) is 0 Å². The zero-order chi connectivity index (χ0) is 29.2. The Morgan fingerprint density at radius 1 is 0.725 bits per heavy atom. The van der Waals surface area contributed by atoms with E-state index in [0.717, 1.165) is 42.9 Å². The van der Waals surface area contributed by atoms with E-state index in [1.54, 1.807) is 0 Å². The first-order valence-corrected chi connectivity index (χ1v) is 21.1. The molecule has 0 aromatic heterocycles. The Hall–Kier alpha value is 0.137. The third kappa shape index (κ3) is 6.93. The molecule has 0 bridgehead atoms. The predicted octanol–water partition coefficient (Wildman–Crippen LogP) is 11.5. The first-order chi connectivity index (χ1) is 18.8. The molecule has 0 heterocycles. The van der Waals surface area contributed by atoms with E-state index in [0.29, 0.717) is 16.9 Å². The smallest absolute Gasteiger partial charge is 0.192 e. The van der Waals surface area contributed by atoms with E-state index in [1.807, 2.05) is 0 Å². The van der Waals surface area contributed by atoms with Gasteiger partial charge in [0, 0.05) is 0 Å². The Morgan fingerprint density at radius 2 is 1.32 bits per heavy atom. The van der Waals surface area contributed by atoms with Crippen molar-refractivity contribution in [3.8, 4) is 0 Å². The van der Waals surface area contributed by atoms with Crippen molar-refractivity contribution in [3.63, 3.8) is 0 Å². The average molecular weight is 575 g/mol. The van der Waals surface area contributed by atoms with Crippen LogP contribution in [0.15, 0.2) is 0 Å². The van der Waals surface area contributed by atoms with Gasteiger partial charge in [-0.05, 0) is 117 Å². The van der Waals surface area contributed by atoms with Crippen molar-refractivity contribution in [2.45, 2.75) is 200 Å². The molecule has 4 saturated carbocycles. The minimum Gasteiger partial charge on any atom is -0.413 e. The van der Waals surface area contributed by atoms with Crippen LogP contribution in [0.4, 0.5) is 0 Å². The van der Waals surface area contributed by atoms with Gasteiger partial charge in [-0.15, -0.1) is 0 Å². The van der Waals surface area contributed by atoms with Gasteiger partial charge in [0.25, 0.3) is 0 Å². The highest BCUT2D eigenvalue weighted by Crippen LogP contribution is 2.67. The molecule has 0 spiro atoms. The van der Waals surface area contributed by atoms with Crippen LogP contribution in [0.3, 0.4) is 0 Å². The van der Waals surface area contributed by atoms with Crippen molar-refractivity contribution in [1.29, 1.82) is 0 Å². The van der Waals surface area contributed by atoms with Crippen molar-refractivity contribution < 1.29 is 9.53 Å². The van der Waals surface area contributed by atoms with Crippen LogP contribution in [0.1, 0.15) is 170 Å². The van der Waals surface area contributed by atoms with Gasteiger partial charge < -0.3 is 9.53 Å². The van der Waals surface area contributed by atoms with Gasteiger partial charge in [0.1, 0.15) is 0 Å². The molecule has 0 amide bonds. The zero-order valence-corrected chi connectivity index (χ0v) is 29.4. The highest BCUT2D eigenvalue weighted by molar-refractivity contribution is 6.74. The fourth-order valence-corrected chi connectivity index (χ4v) is 11.6. The molecule has 1 unspecified atom stereocenters. The van der Waals surface area contributed by atoms with E-state index in [-0.39, 0.29) is 10.6 Å². The van der Waals surface area contributed by atoms with Crippen LogP contribution in [0.25, 0.3) is 0 Å². The second-order valence-corrected chi connectivity index (χ2v) is 22.3. The second kappa shape index (κ2) is 13.0. The summed E-state index contributed by atoms with van der Waals surface area (Å²) in [7, 11) is -1.75. The SMILES string of the molecule is CCCCCCCCCCCC[C@@]1(O)CC[C@@]2(C)C(CC[C@H]3[C@@H]4CC[C@H](O[Si](C)(C)C(C)(C)C)[C@@]4(C)CC[C@@H]32)C1. The number of fused-ring (bicyclic) bond motifs is 5. The molecule has 4 rings (SSSR count). The largest absolute Gasteiger partial charge is 0.413 e. The van der Waals surface area contributed by atoms with E-state index in [2.05, 4.69) is 54.6 Å². The molecular weight excluding hydrogens is 504 g/mol. The zero-order valence-electron chi connectivity index (χ0n) is 28.4. The monoisotopic (exact) mass is 575 g/mol. The molecule has 8 atom stereocenters. The number of aliphatic hydroxyl groups is 1. The van der Waals surface area contributed by atoms with E-state index in [1.165, 1.54) is 109 Å². The average Bonchev–Trinajstić information content (AvgIpc) is 3.20. The molecule has 4 fully saturated rings. The summed E-state index contributed by atoms with van der Waals surface area (Å²) in [6.07, 6.45) is 26.9. The van der Waals surface area contributed by atoms with Gasteiger partial charge in [-0.3, -0.25) is 0 Å². The molecule has 0 radical (unpaired) electrons. The normalized spacial score (nSPS) is 40.0. The van der Waals surface area contributed by atoms with Crippen molar-refractivity contribution >= 4 is 8.32 Å². The van der Waals surface area contributed by atoms with Crippen molar-refractivity contribution in [3.05, 3.63) is 0 Å². The van der Waals surface area contributed by atoms with Crippen LogP contribution in [-0.2, 0) is 4.43 Å². The summed E-state index contributed by atoms with van der Waals surface area (Å²) in [5.74, 6) is 3.35.